The van der Waals surface area contributed by atoms with Gasteiger partial charge in [-0.05, 0) is 12.1 Å². The van der Waals surface area contributed by atoms with Gasteiger partial charge in [0.2, 0.25) is 0 Å². The van der Waals surface area contributed by atoms with Crippen molar-refractivity contribution < 1.29 is 14.3 Å². The second kappa shape index (κ2) is 6.68. The number of rotatable bonds is 6. The molecule has 1 rings (SSSR count). The first-order chi connectivity index (χ1) is 7.76. The van der Waals surface area contributed by atoms with Crippen molar-refractivity contribution in [2.45, 2.75) is 0 Å². The quantitative estimate of drug-likeness (QED) is 0.547. The van der Waals surface area contributed by atoms with Gasteiger partial charge in [0.05, 0.1) is 6.54 Å². The SMILES string of the molecule is CNc1cccc(OCCOC(=O)CN)c1. The van der Waals surface area contributed by atoms with Crippen molar-refractivity contribution in [2.75, 3.05) is 32.1 Å². The average molecular weight is 224 g/mol. The number of ether oxygens (including phenoxy) is 2. The van der Waals surface area contributed by atoms with Gasteiger partial charge in [0.25, 0.3) is 0 Å². The molecule has 5 nitrogen and oxygen atoms in total. The smallest absolute Gasteiger partial charge is 0.319 e. The van der Waals surface area contributed by atoms with E-state index in [1.807, 2.05) is 31.3 Å². The summed E-state index contributed by atoms with van der Waals surface area (Å²) in [6, 6.07) is 7.52. The number of hydrogen-bond acceptors (Lipinski definition) is 5. The summed E-state index contributed by atoms with van der Waals surface area (Å²) >= 11 is 0. The van der Waals surface area contributed by atoms with Gasteiger partial charge in [0, 0.05) is 18.8 Å². The van der Waals surface area contributed by atoms with Gasteiger partial charge in [0.15, 0.2) is 0 Å². The third-order valence-electron chi connectivity index (χ3n) is 1.90. The molecule has 0 fully saturated rings. The molecule has 0 aliphatic rings. The molecule has 0 aliphatic carbocycles. The summed E-state index contributed by atoms with van der Waals surface area (Å²) in [5.74, 6) is 0.309. The fraction of sp³-hybridized carbons (Fsp3) is 0.364. The minimum Gasteiger partial charge on any atom is -0.490 e. The van der Waals surface area contributed by atoms with Crippen LogP contribution >= 0.6 is 0 Å². The zero-order valence-corrected chi connectivity index (χ0v) is 9.23. The highest BCUT2D eigenvalue weighted by atomic mass is 16.6. The lowest BCUT2D eigenvalue weighted by Gasteiger charge is -2.08. The number of nitrogens with two attached hydrogens (primary N) is 1. The van der Waals surface area contributed by atoms with Crippen molar-refractivity contribution in [3.8, 4) is 5.75 Å². The molecule has 0 saturated heterocycles. The van der Waals surface area contributed by atoms with Crippen LogP contribution in [0.2, 0.25) is 0 Å². The molecule has 0 bridgehead atoms. The maximum absolute atomic E-state index is 10.7. The second-order valence-corrected chi connectivity index (χ2v) is 3.05. The number of nitrogens with one attached hydrogen (secondary N) is 1. The molecule has 1 aromatic rings. The van der Waals surface area contributed by atoms with Crippen LogP contribution in [0.1, 0.15) is 0 Å². The average Bonchev–Trinajstić information content (AvgIpc) is 2.34. The van der Waals surface area contributed by atoms with Gasteiger partial charge in [0.1, 0.15) is 19.0 Å². The second-order valence-electron chi connectivity index (χ2n) is 3.05. The van der Waals surface area contributed by atoms with Crippen LogP contribution in [0.5, 0.6) is 5.75 Å². The Balaban J connectivity index is 2.28. The topological polar surface area (TPSA) is 73.6 Å². The Hall–Kier alpha value is -1.75. The molecule has 0 amide bonds. The largest absolute Gasteiger partial charge is 0.490 e. The minimum absolute atomic E-state index is 0.102. The summed E-state index contributed by atoms with van der Waals surface area (Å²) in [7, 11) is 1.84. The van der Waals surface area contributed by atoms with Crippen LogP contribution in [0.4, 0.5) is 5.69 Å². The molecule has 1 aromatic carbocycles. The van der Waals surface area contributed by atoms with Gasteiger partial charge in [-0.25, -0.2) is 0 Å². The van der Waals surface area contributed by atoms with Gasteiger partial charge < -0.3 is 20.5 Å². The lowest BCUT2D eigenvalue weighted by atomic mass is 10.3. The summed E-state index contributed by atoms with van der Waals surface area (Å²) in [6.07, 6.45) is 0. The fourth-order valence-corrected chi connectivity index (χ4v) is 1.12. The maximum Gasteiger partial charge on any atom is 0.319 e. The fourth-order valence-electron chi connectivity index (χ4n) is 1.12. The number of anilines is 1. The van der Waals surface area contributed by atoms with Crippen LogP contribution in [0.15, 0.2) is 24.3 Å². The van der Waals surface area contributed by atoms with Crippen molar-refractivity contribution in [1.82, 2.24) is 0 Å². The lowest BCUT2D eigenvalue weighted by Crippen LogP contribution is -2.19. The van der Waals surface area contributed by atoms with E-state index in [4.69, 9.17) is 15.2 Å². The van der Waals surface area contributed by atoms with E-state index >= 15 is 0 Å². The van der Waals surface area contributed by atoms with Crippen molar-refractivity contribution >= 4 is 11.7 Å². The van der Waals surface area contributed by atoms with E-state index < -0.39 is 5.97 Å². The molecule has 0 radical (unpaired) electrons. The van der Waals surface area contributed by atoms with Gasteiger partial charge in [-0.2, -0.15) is 0 Å². The highest BCUT2D eigenvalue weighted by molar-refractivity contribution is 5.71. The summed E-state index contributed by atoms with van der Waals surface area (Å²) < 4.78 is 10.2. The highest BCUT2D eigenvalue weighted by Crippen LogP contribution is 2.16. The van der Waals surface area contributed by atoms with E-state index in [9.17, 15) is 4.79 Å². The van der Waals surface area contributed by atoms with Gasteiger partial charge in [-0.15, -0.1) is 0 Å². The monoisotopic (exact) mass is 224 g/mol. The zero-order chi connectivity index (χ0) is 11.8. The molecular weight excluding hydrogens is 208 g/mol. The molecule has 0 atom stereocenters. The van der Waals surface area contributed by atoms with Crippen LogP contribution in [0.25, 0.3) is 0 Å². The first-order valence-corrected chi connectivity index (χ1v) is 5.02. The van der Waals surface area contributed by atoms with Crippen molar-refractivity contribution in [1.29, 1.82) is 0 Å². The van der Waals surface area contributed by atoms with Crippen LogP contribution in [0.3, 0.4) is 0 Å². The molecule has 5 heteroatoms. The third kappa shape index (κ3) is 4.18. The number of esters is 1. The Kier molecular flexibility index (Phi) is 5.15. The maximum atomic E-state index is 10.7. The molecule has 0 aliphatic heterocycles. The molecule has 0 heterocycles. The van der Waals surface area contributed by atoms with E-state index in [2.05, 4.69) is 5.32 Å². The Labute approximate surface area is 94.5 Å². The van der Waals surface area contributed by atoms with Crippen molar-refractivity contribution in [3.05, 3.63) is 24.3 Å². The number of carbonyl (C=O) groups is 1. The van der Waals surface area contributed by atoms with E-state index in [-0.39, 0.29) is 13.2 Å². The Morgan fingerprint density at radius 2 is 2.25 bits per heavy atom. The molecular formula is C11H16N2O3. The van der Waals surface area contributed by atoms with E-state index in [0.717, 1.165) is 11.4 Å². The van der Waals surface area contributed by atoms with E-state index in [1.54, 1.807) is 0 Å². The summed E-state index contributed by atoms with van der Waals surface area (Å²) in [5, 5.41) is 3.00. The number of carbonyl (C=O) groups excluding carboxylic acids is 1. The van der Waals surface area contributed by atoms with Gasteiger partial charge in [-0.1, -0.05) is 6.07 Å². The predicted molar refractivity (Wildman–Crippen MR) is 61.5 cm³/mol. The Morgan fingerprint density at radius 1 is 1.44 bits per heavy atom. The van der Waals surface area contributed by atoms with Crippen molar-refractivity contribution in [2.24, 2.45) is 5.73 Å². The Bertz CT molecular complexity index is 342. The first kappa shape index (κ1) is 12.3. The standard InChI is InChI=1S/C11H16N2O3/c1-13-9-3-2-4-10(7-9)15-5-6-16-11(14)8-12/h2-4,7,13H,5-6,8,12H2,1H3. The van der Waals surface area contributed by atoms with Crippen LogP contribution in [0, 0.1) is 0 Å². The number of hydrogen-bond donors (Lipinski definition) is 2. The van der Waals surface area contributed by atoms with Crippen molar-refractivity contribution in [3.63, 3.8) is 0 Å². The highest BCUT2D eigenvalue weighted by Gasteiger charge is 1.99. The van der Waals surface area contributed by atoms with Gasteiger partial charge >= 0.3 is 5.97 Å². The molecule has 16 heavy (non-hydrogen) atoms. The summed E-state index contributed by atoms with van der Waals surface area (Å²) in [4.78, 5) is 10.7. The molecule has 0 spiro atoms. The van der Waals surface area contributed by atoms with E-state index in [0.29, 0.717) is 6.61 Å². The Morgan fingerprint density at radius 3 is 2.94 bits per heavy atom. The molecule has 3 N–H and O–H groups in total. The first-order valence-electron chi connectivity index (χ1n) is 5.02. The summed E-state index contributed by atoms with van der Waals surface area (Å²) in [5.41, 5.74) is 6.05. The summed E-state index contributed by atoms with van der Waals surface area (Å²) in [6.45, 7) is 0.425. The van der Waals surface area contributed by atoms with Crippen LogP contribution in [-0.4, -0.2) is 32.8 Å². The zero-order valence-electron chi connectivity index (χ0n) is 9.23. The predicted octanol–water partition coefficient (Wildman–Crippen LogP) is 0.609. The third-order valence-corrected chi connectivity index (χ3v) is 1.90. The molecule has 0 unspecified atom stereocenters. The van der Waals surface area contributed by atoms with Crippen LogP contribution in [-0.2, 0) is 9.53 Å². The minimum atomic E-state index is -0.424. The molecule has 0 aromatic heterocycles. The van der Waals surface area contributed by atoms with Crippen LogP contribution < -0.4 is 15.8 Å². The van der Waals surface area contributed by atoms with Gasteiger partial charge in [-0.3, -0.25) is 4.79 Å². The van der Waals surface area contributed by atoms with E-state index in [1.165, 1.54) is 0 Å². The number of benzene rings is 1. The normalized spacial score (nSPS) is 9.62. The molecule has 0 saturated carbocycles. The molecule has 88 valence electrons. The lowest BCUT2D eigenvalue weighted by molar-refractivity contribution is -0.142.